The maximum absolute atomic E-state index is 12.8. The second-order valence-corrected chi connectivity index (χ2v) is 7.05. The average molecular weight is 367 g/mol. The molecule has 1 aliphatic rings. The molecule has 1 heterocycles. The smallest absolute Gasteiger partial charge is 0.239 e. The molecule has 2 aromatic carbocycles. The number of carbonyl (C=O) groups is 1. The molecule has 1 aliphatic heterocycles. The molecule has 0 aliphatic carbocycles. The molecule has 144 valence electrons. The molecule has 1 atom stereocenters. The molecular weight excluding hydrogens is 338 g/mol. The second kappa shape index (κ2) is 8.91. The number of carbonyl (C=O) groups excluding carboxylic acids is 1. The summed E-state index contributed by atoms with van der Waals surface area (Å²) in [5, 5.41) is 0. The molecule has 5 nitrogen and oxygen atoms in total. The fourth-order valence-corrected chi connectivity index (χ4v) is 3.65. The molecule has 1 amide bonds. The minimum absolute atomic E-state index is 0.112. The van der Waals surface area contributed by atoms with Gasteiger partial charge in [-0.1, -0.05) is 42.5 Å². The highest BCUT2D eigenvalue weighted by molar-refractivity contribution is 5.81. The number of piperazine rings is 1. The summed E-state index contributed by atoms with van der Waals surface area (Å²) >= 11 is 0. The molecule has 2 aromatic rings. The highest BCUT2D eigenvalue weighted by Crippen LogP contribution is 2.28. The Morgan fingerprint density at radius 2 is 1.67 bits per heavy atom. The highest BCUT2D eigenvalue weighted by atomic mass is 16.5. The maximum Gasteiger partial charge on any atom is 0.239 e. The van der Waals surface area contributed by atoms with Gasteiger partial charge in [0.25, 0.3) is 0 Å². The predicted octanol–water partition coefficient (Wildman–Crippen LogP) is 2.86. The lowest BCUT2D eigenvalue weighted by molar-refractivity contribution is -0.135. The maximum atomic E-state index is 12.8. The third kappa shape index (κ3) is 4.61. The van der Waals surface area contributed by atoms with Gasteiger partial charge >= 0.3 is 0 Å². The molecule has 0 bridgehead atoms. The molecular formula is C22H29N3O2. The summed E-state index contributed by atoms with van der Waals surface area (Å²) in [5.41, 5.74) is 2.28. The van der Waals surface area contributed by atoms with Crippen LogP contribution in [0.25, 0.3) is 0 Å². The van der Waals surface area contributed by atoms with E-state index in [1.165, 1.54) is 0 Å². The highest BCUT2D eigenvalue weighted by Gasteiger charge is 2.28. The van der Waals surface area contributed by atoms with Crippen molar-refractivity contribution >= 4 is 11.6 Å². The fourth-order valence-electron chi connectivity index (χ4n) is 3.65. The van der Waals surface area contributed by atoms with Crippen LogP contribution in [-0.4, -0.2) is 62.1 Å². The minimum Gasteiger partial charge on any atom is -0.495 e. The summed E-state index contributed by atoms with van der Waals surface area (Å²) < 4.78 is 5.48. The first-order valence-electron chi connectivity index (χ1n) is 9.51. The molecule has 0 spiro atoms. The number of para-hydroxylation sites is 2. The van der Waals surface area contributed by atoms with Gasteiger partial charge in [-0.3, -0.25) is 9.69 Å². The molecule has 27 heavy (non-hydrogen) atoms. The standard InChI is InChI=1S/C22H29N3O2/c1-18(22(26)23(2)17-19-9-5-4-6-10-19)24-13-15-25(16-14-24)20-11-7-8-12-21(20)27-3/h4-12,18H,13-17H2,1-3H3/t18-/m0/s1. The molecule has 1 fully saturated rings. The van der Waals surface area contributed by atoms with E-state index in [1.54, 1.807) is 7.11 Å². The Bertz CT molecular complexity index is 742. The van der Waals surface area contributed by atoms with Gasteiger partial charge in [-0.15, -0.1) is 0 Å². The molecule has 0 N–H and O–H groups in total. The Morgan fingerprint density at radius 1 is 1.04 bits per heavy atom. The van der Waals surface area contributed by atoms with E-state index in [4.69, 9.17) is 4.74 Å². The van der Waals surface area contributed by atoms with Crippen molar-refractivity contribution in [2.24, 2.45) is 0 Å². The zero-order valence-electron chi connectivity index (χ0n) is 16.5. The number of anilines is 1. The van der Waals surface area contributed by atoms with Crippen LogP contribution in [0.1, 0.15) is 12.5 Å². The number of rotatable bonds is 6. The van der Waals surface area contributed by atoms with Crippen LogP contribution in [0, 0.1) is 0 Å². The SMILES string of the molecule is COc1ccccc1N1CCN([C@@H](C)C(=O)N(C)Cc2ccccc2)CC1. The van der Waals surface area contributed by atoms with E-state index < -0.39 is 0 Å². The molecule has 0 unspecified atom stereocenters. The van der Waals surface area contributed by atoms with Crippen LogP contribution in [0.15, 0.2) is 54.6 Å². The summed E-state index contributed by atoms with van der Waals surface area (Å²) in [6, 6.07) is 18.1. The first-order valence-corrected chi connectivity index (χ1v) is 9.51. The quantitative estimate of drug-likeness (QED) is 0.787. The van der Waals surface area contributed by atoms with Gasteiger partial charge < -0.3 is 14.5 Å². The summed E-state index contributed by atoms with van der Waals surface area (Å²) in [5.74, 6) is 1.07. The summed E-state index contributed by atoms with van der Waals surface area (Å²) in [6.45, 7) is 6.17. The zero-order valence-corrected chi connectivity index (χ0v) is 16.5. The number of ether oxygens (including phenoxy) is 1. The van der Waals surface area contributed by atoms with Crippen molar-refractivity contribution in [3.63, 3.8) is 0 Å². The van der Waals surface area contributed by atoms with E-state index in [0.717, 1.165) is 43.2 Å². The lowest BCUT2D eigenvalue weighted by atomic mass is 10.1. The first kappa shape index (κ1) is 19.2. The van der Waals surface area contributed by atoms with Gasteiger partial charge in [0.2, 0.25) is 5.91 Å². The van der Waals surface area contributed by atoms with Crippen molar-refractivity contribution in [3.05, 3.63) is 60.2 Å². The van der Waals surface area contributed by atoms with Crippen LogP contribution in [0.5, 0.6) is 5.75 Å². The first-order chi connectivity index (χ1) is 13.1. The topological polar surface area (TPSA) is 36.0 Å². The Kier molecular flexibility index (Phi) is 6.35. The average Bonchev–Trinajstić information content (AvgIpc) is 2.73. The number of nitrogens with zero attached hydrogens (tertiary/aromatic N) is 3. The monoisotopic (exact) mass is 367 g/mol. The van der Waals surface area contributed by atoms with Crippen LogP contribution in [0.2, 0.25) is 0 Å². The Labute approximate surface area is 162 Å². The van der Waals surface area contributed by atoms with E-state index in [9.17, 15) is 4.79 Å². The van der Waals surface area contributed by atoms with Gasteiger partial charge in [0.1, 0.15) is 5.75 Å². The van der Waals surface area contributed by atoms with E-state index in [1.807, 2.05) is 55.3 Å². The van der Waals surface area contributed by atoms with Crippen LogP contribution < -0.4 is 9.64 Å². The Morgan fingerprint density at radius 3 is 2.33 bits per heavy atom. The molecule has 0 aromatic heterocycles. The van der Waals surface area contributed by atoms with Crippen molar-refractivity contribution in [3.8, 4) is 5.75 Å². The van der Waals surface area contributed by atoms with Crippen LogP contribution in [0.3, 0.4) is 0 Å². The van der Waals surface area contributed by atoms with Crippen molar-refractivity contribution < 1.29 is 9.53 Å². The van der Waals surface area contributed by atoms with Crippen molar-refractivity contribution in [1.29, 1.82) is 0 Å². The molecule has 3 rings (SSSR count). The summed E-state index contributed by atoms with van der Waals surface area (Å²) in [4.78, 5) is 19.3. The predicted molar refractivity (Wildman–Crippen MR) is 109 cm³/mol. The van der Waals surface area contributed by atoms with Gasteiger partial charge in [-0.05, 0) is 24.6 Å². The number of likely N-dealkylation sites (N-methyl/N-ethyl adjacent to an activating group) is 1. The van der Waals surface area contributed by atoms with Crippen molar-refractivity contribution in [2.75, 3.05) is 45.2 Å². The normalized spacial score (nSPS) is 16.0. The molecule has 0 radical (unpaired) electrons. The van der Waals surface area contributed by atoms with E-state index >= 15 is 0 Å². The van der Waals surface area contributed by atoms with Gasteiger partial charge in [0, 0.05) is 39.8 Å². The number of hydrogen-bond donors (Lipinski definition) is 0. The lowest BCUT2D eigenvalue weighted by Crippen LogP contribution is -2.54. The van der Waals surface area contributed by atoms with E-state index in [2.05, 4.69) is 28.0 Å². The van der Waals surface area contributed by atoms with E-state index in [-0.39, 0.29) is 11.9 Å². The van der Waals surface area contributed by atoms with Crippen molar-refractivity contribution in [1.82, 2.24) is 9.80 Å². The number of methoxy groups -OCH3 is 1. The number of amides is 1. The van der Waals surface area contributed by atoms with E-state index in [0.29, 0.717) is 6.54 Å². The fraction of sp³-hybridized carbons (Fsp3) is 0.409. The van der Waals surface area contributed by atoms with Crippen LogP contribution >= 0.6 is 0 Å². The summed E-state index contributed by atoms with van der Waals surface area (Å²) in [7, 11) is 3.59. The zero-order chi connectivity index (χ0) is 19.2. The minimum atomic E-state index is -0.112. The molecule has 0 saturated carbocycles. The van der Waals surface area contributed by atoms with Crippen LogP contribution in [0.4, 0.5) is 5.69 Å². The van der Waals surface area contributed by atoms with Gasteiger partial charge in [0.05, 0.1) is 18.8 Å². The van der Waals surface area contributed by atoms with Crippen molar-refractivity contribution in [2.45, 2.75) is 19.5 Å². The third-order valence-corrected chi connectivity index (χ3v) is 5.28. The lowest BCUT2D eigenvalue weighted by Gasteiger charge is -2.39. The van der Waals surface area contributed by atoms with Crippen LogP contribution in [-0.2, 0) is 11.3 Å². The molecule has 1 saturated heterocycles. The van der Waals surface area contributed by atoms with Gasteiger partial charge in [-0.2, -0.15) is 0 Å². The summed E-state index contributed by atoms with van der Waals surface area (Å²) in [6.07, 6.45) is 0. The van der Waals surface area contributed by atoms with Gasteiger partial charge in [0.15, 0.2) is 0 Å². The third-order valence-electron chi connectivity index (χ3n) is 5.28. The Hall–Kier alpha value is -2.53. The number of benzene rings is 2. The Balaban J connectivity index is 1.56. The second-order valence-electron chi connectivity index (χ2n) is 7.05. The molecule has 5 heteroatoms. The largest absolute Gasteiger partial charge is 0.495 e. The number of hydrogen-bond acceptors (Lipinski definition) is 4. The van der Waals surface area contributed by atoms with Gasteiger partial charge in [-0.25, -0.2) is 0 Å².